The average Bonchev–Trinajstić information content (AvgIpc) is 2.45. The van der Waals surface area contributed by atoms with Crippen molar-refractivity contribution in [2.45, 2.75) is 6.42 Å². The zero-order valence-corrected chi connectivity index (χ0v) is 11.6. The normalized spacial score (nSPS) is 10.8. The molecule has 0 N–H and O–H groups in total. The van der Waals surface area contributed by atoms with Crippen LogP contribution in [0.3, 0.4) is 0 Å². The summed E-state index contributed by atoms with van der Waals surface area (Å²) in [6, 6.07) is 17.9. The number of hydrogen-bond acceptors (Lipinski definition) is 1. The van der Waals surface area contributed by atoms with Gasteiger partial charge >= 0.3 is 0 Å². The van der Waals surface area contributed by atoms with E-state index in [0.29, 0.717) is 16.6 Å². The lowest BCUT2D eigenvalue weighted by atomic mass is 10.0. The van der Waals surface area contributed by atoms with E-state index in [1.165, 1.54) is 5.56 Å². The van der Waals surface area contributed by atoms with Crippen molar-refractivity contribution in [1.29, 1.82) is 0 Å². The molecule has 0 aliphatic carbocycles. The highest BCUT2D eigenvalue weighted by atomic mass is 35.5. The minimum atomic E-state index is 0.479. The zero-order chi connectivity index (χ0) is 13.2. The van der Waals surface area contributed by atoms with Gasteiger partial charge in [0, 0.05) is 17.4 Å². The molecule has 0 bridgehead atoms. The summed E-state index contributed by atoms with van der Waals surface area (Å²) < 4.78 is 0. The summed E-state index contributed by atoms with van der Waals surface area (Å²) in [5, 5.41) is 2.12. The predicted octanol–water partition coefficient (Wildman–Crippen LogP) is 5.13. The molecule has 0 fully saturated rings. The number of para-hydroxylation sites is 1. The molecule has 0 saturated heterocycles. The summed E-state index contributed by atoms with van der Waals surface area (Å²) >= 11 is 12.7. The molecular weight excluding hydrogens is 277 g/mol. The molecule has 19 heavy (non-hydrogen) atoms. The van der Waals surface area contributed by atoms with Crippen molar-refractivity contribution < 1.29 is 0 Å². The van der Waals surface area contributed by atoms with Crippen LogP contribution in [0.15, 0.2) is 54.6 Å². The van der Waals surface area contributed by atoms with Gasteiger partial charge in [0.25, 0.3) is 0 Å². The van der Waals surface area contributed by atoms with Crippen LogP contribution in [-0.4, -0.2) is 4.98 Å². The zero-order valence-electron chi connectivity index (χ0n) is 10.1. The molecular formula is C16H11Cl2N. The quantitative estimate of drug-likeness (QED) is 0.595. The molecule has 0 aliphatic rings. The Morgan fingerprint density at radius 2 is 1.53 bits per heavy atom. The minimum Gasteiger partial charge on any atom is -0.236 e. The molecule has 3 aromatic rings. The molecule has 0 spiro atoms. The van der Waals surface area contributed by atoms with Gasteiger partial charge < -0.3 is 0 Å². The third-order valence-electron chi connectivity index (χ3n) is 3.10. The van der Waals surface area contributed by atoms with Gasteiger partial charge in [-0.05, 0) is 11.6 Å². The van der Waals surface area contributed by atoms with Crippen LogP contribution in [-0.2, 0) is 6.42 Å². The lowest BCUT2D eigenvalue weighted by Crippen LogP contribution is -1.94. The molecule has 0 amide bonds. The highest BCUT2D eigenvalue weighted by Crippen LogP contribution is 2.32. The number of nitrogens with zero attached hydrogens (tertiary/aromatic N) is 1. The Balaban J connectivity index is 2.13. The summed E-state index contributed by atoms with van der Waals surface area (Å²) in [4.78, 5) is 4.41. The maximum absolute atomic E-state index is 6.47. The van der Waals surface area contributed by atoms with E-state index in [1.807, 2.05) is 42.5 Å². The lowest BCUT2D eigenvalue weighted by Gasteiger charge is -2.09. The first-order chi connectivity index (χ1) is 9.25. The van der Waals surface area contributed by atoms with E-state index >= 15 is 0 Å². The van der Waals surface area contributed by atoms with E-state index < -0.39 is 0 Å². The Bertz CT molecular complexity index is 723. The largest absolute Gasteiger partial charge is 0.236 e. The summed E-state index contributed by atoms with van der Waals surface area (Å²) in [5.74, 6) is 0. The highest BCUT2D eigenvalue weighted by Gasteiger charge is 2.12. The Labute approximate surface area is 121 Å². The standard InChI is InChI=1S/C16H11Cl2N/c17-15-12-8-4-5-9-14(12)19-16(18)13(15)10-11-6-2-1-3-7-11/h1-9H,10H2. The van der Waals surface area contributed by atoms with E-state index in [2.05, 4.69) is 17.1 Å². The van der Waals surface area contributed by atoms with Gasteiger partial charge in [-0.15, -0.1) is 0 Å². The molecule has 0 saturated carbocycles. The number of rotatable bonds is 2. The maximum atomic E-state index is 6.47. The van der Waals surface area contributed by atoms with Crippen LogP contribution in [0.1, 0.15) is 11.1 Å². The minimum absolute atomic E-state index is 0.479. The van der Waals surface area contributed by atoms with E-state index in [9.17, 15) is 0 Å². The molecule has 2 aromatic carbocycles. The van der Waals surface area contributed by atoms with Crippen molar-refractivity contribution in [2.75, 3.05) is 0 Å². The Morgan fingerprint density at radius 1 is 0.842 bits per heavy atom. The average molecular weight is 288 g/mol. The van der Waals surface area contributed by atoms with Gasteiger partial charge in [0.05, 0.1) is 10.5 Å². The number of halogens is 2. The molecule has 3 rings (SSSR count). The number of benzene rings is 2. The third-order valence-corrected chi connectivity index (χ3v) is 3.84. The molecule has 94 valence electrons. The SMILES string of the molecule is Clc1nc2ccccc2c(Cl)c1Cc1ccccc1. The van der Waals surface area contributed by atoms with Crippen LogP contribution in [0.5, 0.6) is 0 Å². The fourth-order valence-corrected chi connectivity index (χ4v) is 2.75. The van der Waals surface area contributed by atoms with E-state index in [4.69, 9.17) is 23.2 Å². The summed E-state index contributed by atoms with van der Waals surface area (Å²) in [6.07, 6.45) is 0.691. The second-order valence-electron chi connectivity index (χ2n) is 4.37. The Morgan fingerprint density at radius 3 is 2.32 bits per heavy atom. The Kier molecular flexibility index (Phi) is 3.41. The third kappa shape index (κ3) is 2.44. The fraction of sp³-hybridized carbons (Fsp3) is 0.0625. The van der Waals surface area contributed by atoms with Crippen LogP contribution < -0.4 is 0 Å². The van der Waals surface area contributed by atoms with Crippen LogP contribution in [0, 0.1) is 0 Å². The summed E-state index contributed by atoms with van der Waals surface area (Å²) in [6.45, 7) is 0. The van der Waals surface area contributed by atoms with Crippen LogP contribution >= 0.6 is 23.2 Å². The fourth-order valence-electron chi connectivity index (χ4n) is 2.13. The topological polar surface area (TPSA) is 12.9 Å². The second kappa shape index (κ2) is 5.20. The van der Waals surface area contributed by atoms with Crippen LogP contribution in [0.25, 0.3) is 10.9 Å². The van der Waals surface area contributed by atoms with E-state index in [0.717, 1.165) is 16.5 Å². The van der Waals surface area contributed by atoms with Gasteiger partial charge in [0.2, 0.25) is 0 Å². The van der Waals surface area contributed by atoms with Gasteiger partial charge in [-0.1, -0.05) is 71.7 Å². The van der Waals surface area contributed by atoms with Crippen molar-refractivity contribution in [3.63, 3.8) is 0 Å². The van der Waals surface area contributed by atoms with Gasteiger partial charge in [-0.2, -0.15) is 0 Å². The summed E-state index contributed by atoms with van der Waals surface area (Å²) in [7, 11) is 0. The van der Waals surface area contributed by atoms with Crippen LogP contribution in [0.2, 0.25) is 10.2 Å². The monoisotopic (exact) mass is 287 g/mol. The lowest BCUT2D eigenvalue weighted by molar-refractivity contribution is 1.17. The van der Waals surface area contributed by atoms with Crippen molar-refractivity contribution in [2.24, 2.45) is 0 Å². The van der Waals surface area contributed by atoms with Crippen molar-refractivity contribution in [3.8, 4) is 0 Å². The van der Waals surface area contributed by atoms with E-state index in [-0.39, 0.29) is 0 Å². The predicted molar refractivity (Wildman–Crippen MR) is 81.0 cm³/mol. The Hall–Kier alpha value is -1.57. The molecule has 1 aromatic heterocycles. The van der Waals surface area contributed by atoms with E-state index in [1.54, 1.807) is 0 Å². The molecule has 0 atom stereocenters. The first-order valence-electron chi connectivity index (χ1n) is 6.02. The van der Waals surface area contributed by atoms with Gasteiger partial charge in [-0.3, -0.25) is 0 Å². The van der Waals surface area contributed by atoms with Gasteiger partial charge in [-0.25, -0.2) is 4.98 Å². The number of aromatic nitrogens is 1. The smallest absolute Gasteiger partial charge is 0.134 e. The number of pyridine rings is 1. The molecule has 1 heterocycles. The first kappa shape index (κ1) is 12.5. The second-order valence-corrected chi connectivity index (χ2v) is 5.11. The maximum Gasteiger partial charge on any atom is 0.134 e. The number of hydrogen-bond donors (Lipinski definition) is 0. The van der Waals surface area contributed by atoms with Gasteiger partial charge in [0.15, 0.2) is 0 Å². The molecule has 0 radical (unpaired) electrons. The number of fused-ring (bicyclic) bond motifs is 1. The summed E-state index contributed by atoms with van der Waals surface area (Å²) in [5.41, 5.74) is 2.88. The van der Waals surface area contributed by atoms with Crippen molar-refractivity contribution in [1.82, 2.24) is 4.98 Å². The molecule has 0 unspecified atom stereocenters. The first-order valence-corrected chi connectivity index (χ1v) is 6.78. The van der Waals surface area contributed by atoms with Gasteiger partial charge in [0.1, 0.15) is 5.15 Å². The van der Waals surface area contributed by atoms with Crippen molar-refractivity contribution in [3.05, 3.63) is 75.9 Å². The van der Waals surface area contributed by atoms with Crippen molar-refractivity contribution >= 4 is 34.1 Å². The molecule has 3 heteroatoms. The molecule has 0 aliphatic heterocycles. The van der Waals surface area contributed by atoms with Crippen LogP contribution in [0.4, 0.5) is 0 Å². The molecule has 1 nitrogen and oxygen atoms in total. The highest BCUT2D eigenvalue weighted by molar-refractivity contribution is 6.39.